The van der Waals surface area contributed by atoms with Gasteiger partial charge in [-0.1, -0.05) is 42.2 Å². The van der Waals surface area contributed by atoms with Crippen molar-refractivity contribution in [3.8, 4) is 0 Å². The molecule has 0 radical (unpaired) electrons. The van der Waals surface area contributed by atoms with Gasteiger partial charge >= 0.3 is 6.03 Å². The smallest absolute Gasteiger partial charge is 0.321 e. The number of nitrogens with zero attached hydrogens (tertiary/aromatic N) is 2. The summed E-state index contributed by atoms with van der Waals surface area (Å²) in [6.45, 7) is 0. The summed E-state index contributed by atoms with van der Waals surface area (Å²) >= 11 is 8.74. The van der Waals surface area contributed by atoms with Gasteiger partial charge in [-0.05, 0) is 37.5 Å². The van der Waals surface area contributed by atoms with Crippen LogP contribution in [-0.4, -0.2) is 27.9 Å². The van der Waals surface area contributed by atoms with Crippen LogP contribution >= 0.6 is 34.3 Å². The molecule has 0 saturated heterocycles. The lowest BCUT2D eigenvalue weighted by atomic mass is 9.96. The van der Waals surface area contributed by atoms with Gasteiger partial charge in [-0.25, -0.2) is 14.8 Å². The van der Waals surface area contributed by atoms with E-state index in [1.165, 1.54) is 41.9 Å². The first-order valence-electron chi connectivity index (χ1n) is 9.93. The summed E-state index contributed by atoms with van der Waals surface area (Å²) in [5.74, 6) is -0.127. The minimum absolute atomic E-state index is 0.127. The number of anilines is 2. The number of hydrogen-bond acceptors (Lipinski definition) is 6. The van der Waals surface area contributed by atoms with Crippen LogP contribution in [0.4, 0.5) is 15.1 Å². The summed E-state index contributed by atoms with van der Waals surface area (Å²) < 4.78 is 0.930. The van der Waals surface area contributed by atoms with Gasteiger partial charge in [-0.15, -0.1) is 11.3 Å². The molecule has 0 spiro atoms. The van der Waals surface area contributed by atoms with E-state index in [9.17, 15) is 9.59 Å². The van der Waals surface area contributed by atoms with Gasteiger partial charge in [0.2, 0.25) is 5.91 Å². The fraction of sp³-hybridized carbons (Fsp3) is 0.400. The van der Waals surface area contributed by atoms with Crippen molar-refractivity contribution in [2.24, 2.45) is 0 Å². The maximum atomic E-state index is 12.3. The molecular formula is C20H22ClN5O2S2. The van der Waals surface area contributed by atoms with E-state index in [1.54, 1.807) is 6.07 Å². The van der Waals surface area contributed by atoms with Gasteiger partial charge in [0.25, 0.3) is 0 Å². The molecule has 3 N–H and O–H groups in total. The number of carbonyl (C=O) groups excluding carboxylic acids is 2. The molecule has 1 aliphatic carbocycles. The third-order valence-electron chi connectivity index (χ3n) is 4.92. The van der Waals surface area contributed by atoms with E-state index in [0.717, 1.165) is 28.8 Å². The molecule has 158 valence electrons. The molecule has 1 aliphatic rings. The Morgan fingerprint density at radius 2 is 1.93 bits per heavy atom. The number of benzene rings is 1. The minimum atomic E-state index is -0.212. The van der Waals surface area contributed by atoms with Crippen LogP contribution in [0.15, 0.2) is 23.6 Å². The maximum absolute atomic E-state index is 12.3. The van der Waals surface area contributed by atoms with E-state index in [1.807, 2.05) is 17.5 Å². The van der Waals surface area contributed by atoms with Crippen molar-refractivity contribution >= 4 is 66.7 Å². The molecule has 1 fully saturated rings. The molecule has 0 bridgehead atoms. The average Bonchev–Trinajstić information content (AvgIpc) is 3.32. The number of hydrogen-bond donors (Lipinski definition) is 3. The van der Waals surface area contributed by atoms with Crippen LogP contribution < -0.4 is 16.0 Å². The summed E-state index contributed by atoms with van der Waals surface area (Å²) in [7, 11) is 0. The van der Waals surface area contributed by atoms with E-state index in [-0.39, 0.29) is 24.4 Å². The number of fused-ring (bicyclic) bond motifs is 1. The van der Waals surface area contributed by atoms with Crippen molar-refractivity contribution in [1.82, 2.24) is 15.3 Å². The highest BCUT2D eigenvalue weighted by Gasteiger charge is 2.16. The largest absolute Gasteiger partial charge is 0.335 e. The quantitative estimate of drug-likeness (QED) is 0.454. The van der Waals surface area contributed by atoms with E-state index in [4.69, 9.17) is 11.6 Å². The Morgan fingerprint density at radius 3 is 2.77 bits per heavy atom. The summed E-state index contributed by atoms with van der Waals surface area (Å²) in [4.78, 5) is 33.2. The van der Waals surface area contributed by atoms with Crippen molar-refractivity contribution in [2.45, 2.75) is 51.0 Å². The van der Waals surface area contributed by atoms with Crippen LogP contribution in [0.3, 0.4) is 0 Å². The molecule has 0 aliphatic heterocycles. The molecule has 0 unspecified atom stereocenters. The zero-order valence-electron chi connectivity index (χ0n) is 16.2. The van der Waals surface area contributed by atoms with E-state index >= 15 is 0 Å². The Morgan fingerprint density at radius 1 is 1.10 bits per heavy atom. The Bertz CT molecular complexity index is 1040. The molecule has 0 atom stereocenters. The highest BCUT2D eigenvalue weighted by atomic mass is 35.5. The highest BCUT2D eigenvalue weighted by Crippen LogP contribution is 2.28. The first-order valence-corrected chi connectivity index (χ1v) is 12.0. The van der Waals surface area contributed by atoms with Crippen LogP contribution in [0.2, 0.25) is 5.02 Å². The zero-order valence-corrected chi connectivity index (χ0v) is 18.6. The summed E-state index contributed by atoms with van der Waals surface area (Å²) in [6.07, 6.45) is 6.43. The summed E-state index contributed by atoms with van der Waals surface area (Å²) in [5, 5.41) is 12.2. The van der Waals surface area contributed by atoms with Gasteiger partial charge in [-0.2, -0.15) is 0 Å². The molecule has 4 rings (SSSR count). The van der Waals surface area contributed by atoms with E-state index in [0.29, 0.717) is 21.7 Å². The lowest BCUT2D eigenvalue weighted by molar-refractivity contribution is -0.116. The van der Waals surface area contributed by atoms with Crippen LogP contribution in [0.1, 0.15) is 44.2 Å². The lowest BCUT2D eigenvalue weighted by Gasteiger charge is -2.22. The number of aromatic nitrogens is 2. The van der Waals surface area contributed by atoms with Gasteiger partial charge in [-0.3, -0.25) is 10.1 Å². The molecule has 1 aromatic carbocycles. The van der Waals surface area contributed by atoms with Gasteiger partial charge in [0.05, 0.1) is 15.9 Å². The SMILES string of the molecule is O=C(CCc1csc(NC(=O)NC2CCCCC2)n1)Nc1nc2ccc(Cl)cc2s1. The number of halogens is 1. The van der Waals surface area contributed by atoms with Crippen LogP contribution in [-0.2, 0) is 11.2 Å². The summed E-state index contributed by atoms with van der Waals surface area (Å²) in [6, 6.07) is 5.48. The molecule has 3 amide bonds. The second-order valence-corrected chi connectivity index (χ2v) is 9.58. The van der Waals surface area contributed by atoms with Crippen molar-refractivity contribution in [2.75, 3.05) is 10.6 Å². The number of rotatable bonds is 6. The first-order chi connectivity index (χ1) is 14.5. The molecule has 2 heterocycles. The highest BCUT2D eigenvalue weighted by molar-refractivity contribution is 7.22. The molecule has 2 aromatic heterocycles. The molecular weight excluding hydrogens is 442 g/mol. The number of carbonyl (C=O) groups is 2. The fourth-order valence-electron chi connectivity index (χ4n) is 3.42. The van der Waals surface area contributed by atoms with Crippen LogP contribution in [0.25, 0.3) is 10.2 Å². The standard InChI is InChI=1S/C20H22ClN5O2S2/c21-12-6-8-15-16(10-12)30-20(24-15)25-17(27)9-7-14-11-29-19(23-14)26-18(28)22-13-4-2-1-3-5-13/h6,8,10-11,13H,1-5,7,9H2,(H,24,25,27)(H2,22,23,26,28). The predicted molar refractivity (Wildman–Crippen MR) is 123 cm³/mol. The number of amides is 3. The van der Waals surface area contributed by atoms with E-state index < -0.39 is 0 Å². The molecule has 10 heteroatoms. The third kappa shape index (κ3) is 5.68. The zero-order chi connectivity index (χ0) is 20.9. The Hall–Kier alpha value is -2.23. The fourth-order valence-corrected chi connectivity index (χ4v) is 5.32. The third-order valence-corrected chi connectivity index (χ3v) is 6.89. The van der Waals surface area contributed by atoms with Gasteiger partial charge in [0.1, 0.15) is 0 Å². The van der Waals surface area contributed by atoms with Gasteiger partial charge in [0.15, 0.2) is 10.3 Å². The molecule has 7 nitrogen and oxygen atoms in total. The number of nitrogens with one attached hydrogen (secondary N) is 3. The predicted octanol–water partition coefficient (Wildman–Crippen LogP) is 5.43. The van der Waals surface area contributed by atoms with Gasteiger partial charge < -0.3 is 10.6 Å². The average molecular weight is 464 g/mol. The van der Waals surface area contributed by atoms with Crippen molar-refractivity contribution in [3.63, 3.8) is 0 Å². The summed E-state index contributed by atoms with van der Waals surface area (Å²) in [5.41, 5.74) is 1.58. The van der Waals surface area contributed by atoms with Crippen molar-refractivity contribution in [1.29, 1.82) is 0 Å². The van der Waals surface area contributed by atoms with Gasteiger partial charge in [0, 0.05) is 22.9 Å². The lowest BCUT2D eigenvalue weighted by Crippen LogP contribution is -2.38. The molecule has 1 saturated carbocycles. The number of aryl methyl sites for hydroxylation is 1. The Kier molecular flexibility index (Phi) is 6.81. The van der Waals surface area contributed by atoms with Crippen molar-refractivity contribution in [3.05, 3.63) is 34.3 Å². The van der Waals surface area contributed by atoms with Crippen LogP contribution in [0, 0.1) is 0 Å². The van der Waals surface area contributed by atoms with E-state index in [2.05, 4.69) is 25.9 Å². The maximum Gasteiger partial charge on any atom is 0.321 e. The molecule has 30 heavy (non-hydrogen) atoms. The minimum Gasteiger partial charge on any atom is -0.335 e. The topological polar surface area (TPSA) is 96.0 Å². The Labute approximate surface area is 187 Å². The number of thiazole rings is 2. The monoisotopic (exact) mass is 463 g/mol. The second kappa shape index (κ2) is 9.72. The number of urea groups is 1. The first kappa shape index (κ1) is 21.0. The molecule has 3 aromatic rings. The Balaban J connectivity index is 1.24. The van der Waals surface area contributed by atoms with Crippen molar-refractivity contribution < 1.29 is 9.59 Å². The second-order valence-electron chi connectivity index (χ2n) is 7.26. The van der Waals surface area contributed by atoms with Crippen LogP contribution in [0.5, 0.6) is 0 Å². The normalized spacial score (nSPS) is 14.6.